The summed E-state index contributed by atoms with van der Waals surface area (Å²) in [5.41, 5.74) is 1.24. The normalized spacial score (nSPS) is 17.1. The van der Waals surface area contributed by atoms with Gasteiger partial charge in [-0.2, -0.15) is 0 Å². The topological polar surface area (TPSA) is 93.9 Å². The second-order valence-electron chi connectivity index (χ2n) is 8.29. The lowest BCUT2D eigenvalue weighted by molar-refractivity contribution is -0.139. The Bertz CT molecular complexity index is 1180. The van der Waals surface area contributed by atoms with Crippen molar-refractivity contribution < 1.29 is 24.2 Å². The van der Waals surface area contributed by atoms with Gasteiger partial charge in [-0.3, -0.25) is 9.59 Å². The minimum absolute atomic E-state index is 0.0741. The molecule has 1 fully saturated rings. The van der Waals surface area contributed by atoms with E-state index >= 15 is 0 Å². The van der Waals surface area contributed by atoms with Gasteiger partial charge in [0.1, 0.15) is 17.3 Å². The summed E-state index contributed by atoms with van der Waals surface area (Å²) in [4.78, 5) is 31.8. The van der Waals surface area contributed by atoms with Crippen molar-refractivity contribution in [1.82, 2.24) is 14.5 Å². The van der Waals surface area contributed by atoms with Gasteiger partial charge in [0.2, 0.25) is 0 Å². The quantitative estimate of drug-likeness (QED) is 0.268. The number of benzene rings is 2. The maximum Gasteiger partial charge on any atom is 0.295 e. The van der Waals surface area contributed by atoms with Crippen LogP contribution in [0, 0.1) is 0 Å². The number of hydrogen-bond acceptors (Lipinski definition) is 6. The molecule has 8 heteroatoms. The second-order valence-corrected chi connectivity index (χ2v) is 8.29. The Kier molecular flexibility index (Phi) is 7.50. The fourth-order valence-corrected chi connectivity index (χ4v) is 4.17. The average Bonchev–Trinajstić information content (AvgIpc) is 3.50. The van der Waals surface area contributed by atoms with Crippen molar-refractivity contribution in [3.8, 4) is 11.5 Å². The molecule has 35 heavy (non-hydrogen) atoms. The molecule has 3 aromatic rings. The Morgan fingerprint density at radius 3 is 2.37 bits per heavy atom. The number of aliphatic hydroxyl groups excluding tert-OH is 1. The molecule has 0 spiro atoms. The number of methoxy groups -OCH3 is 1. The molecule has 0 bridgehead atoms. The molecule has 1 N–H and O–H groups in total. The first-order valence-corrected chi connectivity index (χ1v) is 11.6. The fourth-order valence-electron chi connectivity index (χ4n) is 4.17. The first kappa shape index (κ1) is 24.1. The molecule has 2 heterocycles. The number of likely N-dealkylation sites (tertiary alicyclic amines) is 1. The third-order valence-electron chi connectivity index (χ3n) is 5.95. The molecule has 0 aliphatic carbocycles. The Morgan fingerprint density at radius 1 is 1.03 bits per heavy atom. The van der Waals surface area contributed by atoms with Crippen LogP contribution in [0.15, 0.2) is 72.8 Å². The van der Waals surface area contributed by atoms with Crippen LogP contribution >= 0.6 is 0 Å². The molecule has 2 aromatic carbocycles. The van der Waals surface area contributed by atoms with Gasteiger partial charge in [-0.05, 0) is 54.8 Å². The maximum atomic E-state index is 13.2. The van der Waals surface area contributed by atoms with Gasteiger partial charge in [-0.15, -0.1) is 0 Å². The van der Waals surface area contributed by atoms with Crippen LogP contribution in [0.2, 0.25) is 0 Å². The van der Waals surface area contributed by atoms with Crippen LogP contribution in [0.25, 0.3) is 5.76 Å². The maximum absolute atomic E-state index is 13.2. The van der Waals surface area contributed by atoms with E-state index in [0.29, 0.717) is 43.2 Å². The first-order valence-electron chi connectivity index (χ1n) is 11.6. The number of Topliss-reactive ketones (excluding diaryl/α,β-unsaturated/α-hetero) is 1. The number of rotatable bonds is 10. The van der Waals surface area contributed by atoms with Crippen molar-refractivity contribution in [2.45, 2.75) is 32.4 Å². The molecule has 0 radical (unpaired) electrons. The van der Waals surface area contributed by atoms with E-state index in [4.69, 9.17) is 9.47 Å². The van der Waals surface area contributed by atoms with Crippen LogP contribution < -0.4 is 9.47 Å². The Labute approximate surface area is 204 Å². The van der Waals surface area contributed by atoms with Crippen molar-refractivity contribution in [2.24, 2.45) is 0 Å². The van der Waals surface area contributed by atoms with Gasteiger partial charge in [-0.1, -0.05) is 19.1 Å². The van der Waals surface area contributed by atoms with Gasteiger partial charge in [-0.25, -0.2) is 4.98 Å². The summed E-state index contributed by atoms with van der Waals surface area (Å²) in [6, 6.07) is 13.3. The molecule has 1 atom stereocenters. The lowest BCUT2D eigenvalue weighted by atomic mass is 9.95. The number of ketones is 1. The van der Waals surface area contributed by atoms with Crippen molar-refractivity contribution in [2.75, 3.05) is 20.3 Å². The van der Waals surface area contributed by atoms with Gasteiger partial charge < -0.3 is 24.0 Å². The number of nitrogens with zero attached hydrogens (tertiary/aromatic N) is 3. The molecule has 1 aromatic heterocycles. The molecular weight excluding hydrogens is 446 g/mol. The Balaban J connectivity index is 1.68. The number of amides is 1. The molecule has 8 nitrogen and oxygen atoms in total. The zero-order chi connectivity index (χ0) is 24.8. The van der Waals surface area contributed by atoms with E-state index in [2.05, 4.69) is 4.98 Å². The van der Waals surface area contributed by atoms with Gasteiger partial charge in [0.25, 0.3) is 11.7 Å². The van der Waals surface area contributed by atoms with Gasteiger partial charge in [0.05, 0.1) is 31.7 Å². The fraction of sp³-hybridized carbons (Fsp3) is 0.296. The van der Waals surface area contributed by atoms with Crippen LogP contribution in [0.1, 0.15) is 36.9 Å². The highest BCUT2D eigenvalue weighted by Crippen LogP contribution is 2.40. The molecule has 4 rings (SSSR count). The minimum Gasteiger partial charge on any atom is -0.507 e. The largest absolute Gasteiger partial charge is 0.507 e. The van der Waals surface area contributed by atoms with E-state index in [9.17, 15) is 14.7 Å². The second kappa shape index (κ2) is 10.9. The number of carbonyl (C=O) groups is 2. The van der Waals surface area contributed by atoms with Crippen LogP contribution in [0.5, 0.6) is 11.5 Å². The van der Waals surface area contributed by atoms with E-state index in [1.165, 1.54) is 4.90 Å². The highest BCUT2D eigenvalue weighted by Gasteiger charge is 2.45. The van der Waals surface area contributed by atoms with E-state index in [-0.39, 0.29) is 11.3 Å². The summed E-state index contributed by atoms with van der Waals surface area (Å²) in [5.74, 6) is -0.190. The summed E-state index contributed by atoms with van der Waals surface area (Å²) in [6.07, 6.45) is 6.77. The minimum atomic E-state index is -0.709. The van der Waals surface area contributed by atoms with E-state index in [1.54, 1.807) is 56.0 Å². The highest BCUT2D eigenvalue weighted by molar-refractivity contribution is 6.46. The predicted octanol–water partition coefficient (Wildman–Crippen LogP) is 4.19. The van der Waals surface area contributed by atoms with Crippen molar-refractivity contribution in [1.29, 1.82) is 0 Å². The molecule has 182 valence electrons. The predicted molar refractivity (Wildman–Crippen MR) is 131 cm³/mol. The monoisotopic (exact) mass is 475 g/mol. The third-order valence-corrected chi connectivity index (χ3v) is 5.95. The molecule has 0 saturated carbocycles. The lowest BCUT2D eigenvalue weighted by Gasteiger charge is -2.25. The zero-order valence-electron chi connectivity index (χ0n) is 19.9. The standard InChI is InChI=1S/C27H29N3O5/c1-3-17-35-22-11-7-20(8-12-22)25(31)23-24(19-5-9-21(34-2)10-6-19)30(27(33)26(23)32)15-4-14-29-16-13-28-18-29/h5-13,16,18,24,31H,3-4,14-15,17H2,1-2H3/b25-23-. The first-order chi connectivity index (χ1) is 17.0. The van der Waals surface area contributed by atoms with Crippen LogP contribution in [0.3, 0.4) is 0 Å². The SMILES string of the molecule is CCCOc1ccc(/C(O)=C2/C(=O)C(=O)N(CCCn3ccnc3)C2c2ccc(OC)cc2)cc1. The number of aliphatic hydroxyl groups is 1. The van der Waals surface area contributed by atoms with Crippen molar-refractivity contribution in [3.05, 3.63) is 84.0 Å². The van der Waals surface area contributed by atoms with Crippen LogP contribution in [0.4, 0.5) is 0 Å². The zero-order valence-corrected chi connectivity index (χ0v) is 19.9. The van der Waals surface area contributed by atoms with Gasteiger partial charge >= 0.3 is 0 Å². The smallest absolute Gasteiger partial charge is 0.295 e. The molecule has 1 amide bonds. The van der Waals surface area contributed by atoms with Crippen LogP contribution in [-0.4, -0.2) is 51.5 Å². The van der Waals surface area contributed by atoms with Crippen LogP contribution in [-0.2, 0) is 16.1 Å². The lowest BCUT2D eigenvalue weighted by Crippen LogP contribution is -2.31. The molecule has 1 unspecified atom stereocenters. The summed E-state index contributed by atoms with van der Waals surface area (Å²) >= 11 is 0. The molecular formula is C27H29N3O5. The number of hydrogen-bond donors (Lipinski definition) is 1. The van der Waals surface area contributed by atoms with E-state index in [0.717, 1.165) is 12.0 Å². The average molecular weight is 476 g/mol. The number of imidazole rings is 1. The Morgan fingerprint density at radius 2 is 1.74 bits per heavy atom. The molecule has 1 aliphatic rings. The summed E-state index contributed by atoms with van der Waals surface area (Å²) < 4.78 is 12.8. The molecule has 1 saturated heterocycles. The van der Waals surface area contributed by atoms with Crippen molar-refractivity contribution >= 4 is 17.4 Å². The van der Waals surface area contributed by atoms with E-state index < -0.39 is 17.7 Å². The van der Waals surface area contributed by atoms with Gasteiger partial charge in [0.15, 0.2) is 0 Å². The van der Waals surface area contributed by atoms with Crippen molar-refractivity contribution in [3.63, 3.8) is 0 Å². The van der Waals surface area contributed by atoms with E-state index in [1.807, 2.05) is 29.8 Å². The summed E-state index contributed by atoms with van der Waals surface area (Å²) in [6.45, 7) is 3.61. The number of aromatic nitrogens is 2. The summed E-state index contributed by atoms with van der Waals surface area (Å²) in [5, 5.41) is 11.2. The molecule has 1 aliphatic heterocycles. The number of carbonyl (C=O) groups excluding carboxylic acids is 2. The third kappa shape index (κ3) is 5.21. The highest BCUT2D eigenvalue weighted by atomic mass is 16.5. The number of aryl methyl sites for hydroxylation is 1. The number of ether oxygens (including phenoxy) is 2. The Hall–Kier alpha value is -4.07. The summed E-state index contributed by atoms with van der Waals surface area (Å²) in [7, 11) is 1.57. The van der Waals surface area contributed by atoms with Gasteiger partial charge in [0, 0.05) is 31.0 Å².